The third kappa shape index (κ3) is 6.25. The minimum atomic E-state index is 0.718. The second kappa shape index (κ2) is 7.43. The third-order valence-corrected chi connectivity index (χ3v) is 2.08. The molecule has 0 fully saturated rings. The van der Waals surface area contributed by atoms with E-state index in [2.05, 4.69) is 24.3 Å². The molecule has 86 valence electrons. The molecule has 1 rings (SSSR count). The lowest BCUT2D eigenvalue weighted by molar-refractivity contribution is 0.125. The van der Waals surface area contributed by atoms with E-state index >= 15 is 0 Å². The van der Waals surface area contributed by atoms with Crippen LogP contribution in [0, 0.1) is 5.92 Å². The largest absolute Gasteiger partial charge is 0.380 e. The lowest BCUT2D eigenvalue weighted by Gasteiger charge is -2.06. The zero-order valence-electron chi connectivity index (χ0n) is 9.53. The monoisotopic (exact) mass is 212 g/mol. The zero-order chi connectivity index (χ0) is 10.9. The first-order valence-electron chi connectivity index (χ1n) is 5.45. The van der Waals surface area contributed by atoms with Crippen LogP contribution in [0.4, 0.5) is 0 Å². The Balaban J connectivity index is 1.85. The fraction of sp³-hybridized carbons (Fsp3) is 0.727. The van der Waals surface area contributed by atoms with E-state index in [1.807, 2.05) is 0 Å². The highest BCUT2D eigenvalue weighted by Gasteiger charge is 1.95. The lowest BCUT2D eigenvalue weighted by atomic mass is 10.1. The number of nitrogens with zero attached hydrogens (tertiary/aromatic N) is 1. The van der Waals surface area contributed by atoms with Crippen molar-refractivity contribution in [2.45, 2.75) is 26.8 Å². The van der Waals surface area contributed by atoms with Crippen LogP contribution < -0.4 is 5.32 Å². The summed E-state index contributed by atoms with van der Waals surface area (Å²) in [6, 6.07) is 0. The van der Waals surface area contributed by atoms with E-state index in [1.165, 1.54) is 0 Å². The molecule has 0 amide bonds. The maximum Gasteiger partial charge on any atom is 0.128 e. The predicted octanol–water partition coefficient (Wildman–Crippen LogP) is 1.83. The van der Waals surface area contributed by atoms with Crippen LogP contribution >= 0.6 is 0 Å². The van der Waals surface area contributed by atoms with Crippen LogP contribution in [0.25, 0.3) is 0 Å². The molecule has 0 unspecified atom stereocenters. The van der Waals surface area contributed by atoms with Crippen molar-refractivity contribution in [3.8, 4) is 0 Å². The molecule has 4 heteroatoms. The third-order valence-electron chi connectivity index (χ3n) is 2.08. The van der Waals surface area contributed by atoms with Gasteiger partial charge in [0.1, 0.15) is 6.26 Å². The first-order valence-corrected chi connectivity index (χ1v) is 5.45. The Hall–Kier alpha value is -0.870. The normalized spacial score (nSPS) is 11.1. The lowest BCUT2D eigenvalue weighted by Crippen LogP contribution is -2.19. The molecule has 1 N–H and O–H groups in total. The highest BCUT2D eigenvalue weighted by molar-refractivity contribution is 4.98. The van der Waals surface area contributed by atoms with Gasteiger partial charge in [0.15, 0.2) is 0 Å². The SMILES string of the molecule is CC(C)CCOCCNCc1cnoc1. The molecule has 0 radical (unpaired) electrons. The fourth-order valence-corrected chi connectivity index (χ4v) is 1.11. The van der Waals surface area contributed by atoms with Gasteiger partial charge in [-0.15, -0.1) is 0 Å². The molecular weight excluding hydrogens is 192 g/mol. The standard InChI is InChI=1S/C11H20N2O2/c1-10(2)3-5-14-6-4-12-7-11-8-13-15-9-11/h8-10,12H,3-7H2,1-2H3. The molecule has 0 saturated heterocycles. The van der Waals surface area contributed by atoms with Gasteiger partial charge in [-0.25, -0.2) is 0 Å². The Morgan fingerprint density at radius 2 is 2.33 bits per heavy atom. The summed E-state index contributed by atoms with van der Waals surface area (Å²) in [5.74, 6) is 0.718. The summed E-state index contributed by atoms with van der Waals surface area (Å²) in [6.45, 7) is 7.67. The summed E-state index contributed by atoms with van der Waals surface area (Å²) in [5.41, 5.74) is 1.07. The summed E-state index contributed by atoms with van der Waals surface area (Å²) in [4.78, 5) is 0. The van der Waals surface area contributed by atoms with E-state index in [0.29, 0.717) is 0 Å². The van der Waals surface area contributed by atoms with Crippen LogP contribution in [0.3, 0.4) is 0 Å². The van der Waals surface area contributed by atoms with Gasteiger partial charge in [-0.1, -0.05) is 19.0 Å². The topological polar surface area (TPSA) is 47.3 Å². The molecule has 0 aromatic carbocycles. The van der Waals surface area contributed by atoms with E-state index in [0.717, 1.165) is 44.2 Å². The van der Waals surface area contributed by atoms with E-state index in [-0.39, 0.29) is 0 Å². The second-order valence-electron chi connectivity index (χ2n) is 4.00. The van der Waals surface area contributed by atoms with Gasteiger partial charge in [0.25, 0.3) is 0 Å². The Morgan fingerprint density at radius 3 is 3.00 bits per heavy atom. The van der Waals surface area contributed by atoms with Crippen LogP contribution in [-0.2, 0) is 11.3 Å². The fourth-order valence-electron chi connectivity index (χ4n) is 1.11. The maximum atomic E-state index is 5.46. The van der Waals surface area contributed by atoms with Crippen LogP contribution in [0.2, 0.25) is 0 Å². The van der Waals surface area contributed by atoms with E-state index < -0.39 is 0 Å². The molecule has 0 aliphatic heterocycles. The van der Waals surface area contributed by atoms with Crippen molar-refractivity contribution in [1.82, 2.24) is 10.5 Å². The van der Waals surface area contributed by atoms with Gasteiger partial charge in [-0.2, -0.15) is 0 Å². The van der Waals surface area contributed by atoms with Gasteiger partial charge in [0.05, 0.1) is 12.8 Å². The molecule has 1 aromatic heterocycles. The van der Waals surface area contributed by atoms with Crippen molar-refractivity contribution in [3.63, 3.8) is 0 Å². The van der Waals surface area contributed by atoms with Crippen LogP contribution in [0.1, 0.15) is 25.8 Å². The zero-order valence-corrected chi connectivity index (χ0v) is 9.53. The molecule has 0 saturated carbocycles. The van der Waals surface area contributed by atoms with Gasteiger partial charge >= 0.3 is 0 Å². The predicted molar refractivity (Wildman–Crippen MR) is 58.5 cm³/mol. The summed E-state index contributed by atoms with van der Waals surface area (Å²) in [5, 5.41) is 6.87. The summed E-state index contributed by atoms with van der Waals surface area (Å²) >= 11 is 0. The minimum absolute atomic E-state index is 0.718. The highest BCUT2D eigenvalue weighted by Crippen LogP contribution is 1.98. The number of ether oxygens (including phenoxy) is 1. The van der Waals surface area contributed by atoms with E-state index in [9.17, 15) is 0 Å². The van der Waals surface area contributed by atoms with Crippen molar-refractivity contribution in [2.75, 3.05) is 19.8 Å². The van der Waals surface area contributed by atoms with Crippen LogP contribution in [-0.4, -0.2) is 24.9 Å². The Kier molecular flexibility index (Phi) is 6.04. The molecule has 0 atom stereocenters. The average Bonchev–Trinajstić information content (AvgIpc) is 2.68. The van der Waals surface area contributed by atoms with Crippen molar-refractivity contribution < 1.29 is 9.26 Å². The van der Waals surface area contributed by atoms with Gasteiger partial charge in [-0.3, -0.25) is 0 Å². The molecule has 1 aromatic rings. The first-order chi connectivity index (χ1) is 7.29. The highest BCUT2D eigenvalue weighted by atomic mass is 16.5. The van der Waals surface area contributed by atoms with E-state index in [1.54, 1.807) is 12.5 Å². The smallest absolute Gasteiger partial charge is 0.128 e. The molecule has 0 aliphatic rings. The molecule has 1 heterocycles. The molecule has 0 spiro atoms. The van der Waals surface area contributed by atoms with Crippen molar-refractivity contribution in [1.29, 1.82) is 0 Å². The maximum absolute atomic E-state index is 5.46. The number of rotatable bonds is 8. The van der Waals surface area contributed by atoms with Gasteiger partial charge in [0, 0.05) is 25.3 Å². The number of nitrogens with one attached hydrogen (secondary N) is 1. The summed E-state index contributed by atoms with van der Waals surface area (Å²) in [6.07, 6.45) is 4.49. The van der Waals surface area contributed by atoms with Gasteiger partial charge in [0.2, 0.25) is 0 Å². The average molecular weight is 212 g/mol. The quantitative estimate of drug-likeness (QED) is 0.668. The van der Waals surface area contributed by atoms with Crippen LogP contribution in [0.5, 0.6) is 0 Å². The Labute approximate surface area is 91.0 Å². The first kappa shape index (κ1) is 12.2. The molecule has 0 bridgehead atoms. The molecule has 15 heavy (non-hydrogen) atoms. The van der Waals surface area contributed by atoms with E-state index in [4.69, 9.17) is 9.26 Å². The number of aromatic nitrogens is 1. The van der Waals surface area contributed by atoms with Crippen molar-refractivity contribution in [2.24, 2.45) is 5.92 Å². The van der Waals surface area contributed by atoms with Crippen LogP contribution in [0.15, 0.2) is 17.0 Å². The Bertz CT molecular complexity index is 235. The second-order valence-corrected chi connectivity index (χ2v) is 4.00. The molecular formula is C11H20N2O2. The molecule has 4 nitrogen and oxygen atoms in total. The number of hydrogen-bond acceptors (Lipinski definition) is 4. The molecule has 0 aliphatic carbocycles. The minimum Gasteiger partial charge on any atom is -0.380 e. The number of hydrogen-bond donors (Lipinski definition) is 1. The summed E-state index contributed by atoms with van der Waals surface area (Å²) < 4.78 is 10.2. The van der Waals surface area contributed by atoms with Crippen molar-refractivity contribution >= 4 is 0 Å². The van der Waals surface area contributed by atoms with Gasteiger partial charge in [-0.05, 0) is 12.3 Å². The van der Waals surface area contributed by atoms with Gasteiger partial charge < -0.3 is 14.6 Å². The summed E-state index contributed by atoms with van der Waals surface area (Å²) in [7, 11) is 0. The van der Waals surface area contributed by atoms with Crippen molar-refractivity contribution in [3.05, 3.63) is 18.0 Å². The Morgan fingerprint density at radius 1 is 1.47 bits per heavy atom.